The number of hydrogen-bond acceptors (Lipinski definition) is 3. The van der Waals surface area contributed by atoms with Gasteiger partial charge in [-0.15, -0.1) is 0 Å². The van der Waals surface area contributed by atoms with E-state index in [2.05, 4.69) is 26.8 Å². The van der Waals surface area contributed by atoms with Gasteiger partial charge in [0.05, 0.1) is 17.8 Å². The van der Waals surface area contributed by atoms with E-state index in [9.17, 15) is 9.18 Å². The van der Waals surface area contributed by atoms with E-state index in [1.807, 2.05) is 18.5 Å². The van der Waals surface area contributed by atoms with Gasteiger partial charge in [-0.3, -0.25) is 14.8 Å². The third-order valence-electron chi connectivity index (χ3n) is 4.74. The normalized spacial score (nSPS) is 12.1. The molecule has 1 N–H and O–H groups in total. The van der Waals surface area contributed by atoms with Crippen LogP contribution in [0.4, 0.5) is 4.39 Å². The third kappa shape index (κ3) is 3.36. The maximum absolute atomic E-state index is 13.5. The minimum absolute atomic E-state index is 0.290. The molecule has 28 heavy (non-hydrogen) atoms. The molecule has 4 rings (SSSR count). The van der Waals surface area contributed by atoms with Gasteiger partial charge in [0.1, 0.15) is 11.5 Å². The summed E-state index contributed by atoms with van der Waals surface area (Å²) in [4.78, 5) is 21.2. The first-order valence-corrected chi connectivity index (χ1v) is 9.07. The van der Waals surface area contributed by atoms with Gasteiger partial charge in [-0.1, -0.05) is 18.2 Å². The summed E-state index contributed by atoms with van der Waals surface area (Å²) in [6.07, 6.45) is 7.13. The first-order chi connectivity index (χ1) is 13.7. The number of nitrogens with one attached hydrogen (secondary N) is 1. The van der Waals surface area contributed by atoms with E-state index in [0.29, 0.717) is 5.69 Å². The van der Waals surface area contributed by atoms with Crippen LogP contribution < -0.4 is 5.32 Å². The van der Waals surface area contributed by atoms with E-state index in [1.165, 1.54) is 12.1 Å². The van der Waals surface area contributed by atoms with E-state index in [-0.39, 0.29) is 11.7 Å². The number of pyridine rings is 2. The van der Waals surface area contributed by atoms with Gasteiger partial charge >= 0.3 is 0 Å². The molecule has 3 heterocycles. The molecule has 0 bridgehead atoms. The molecule has 1 atom stereocenters. The number of carbonyl (C=O) groups is 1. The van der Waals surface area contributed by atoms with E-state index < -0.39 is 6.04 Å². The van der Waals surface area contributed by atoms with Crippen LogP contribution in [0.1, 0.15) is 34.6 Å². The Morgan fingerprint density at radius 2 is 1.96 bits per heavy atom. The van der Waals surface area contributed by atoms with Gasteiger partial charge in [-0.2, -0.15) is 0 Å². The molecule has 4 aromatic rings. The molecule has 5 nitrogen and oxygen atoms in total. The van der Waals surface area contributed by atoms with Crippen molar-refractivity contribution in [3.8, 4) is 0 Å². The fraction of sp³-hybridized carbons (Fsp3) is 0.136. The third-order valence-corrected chi connectivity index (χ3v) is 4.74. The number of benzene rings is 1. The largest absolute Gasteiger partial charge is 0.346 e. The summed E-state index contributed by atoms with van der Waals surface area (Å²) < 4.78 is 15.6. The topological polar surface area (TPSA) is 59.8 Å². The quantitative estimate of drug-likeness (QED) is 0.572. The van der Waals surface area contributed by atoms with Crippen LogP contribution in [0.2, 0.25) is 0 Å². The molecule has 140 valence electrons. The molecular formula is C22H19FN4O. The number of carbonyl (C=O) groups excluding carboxylic acids is 1. The molecular weight excluding hydrogens is 355 g/mol. The molecule has 0 spiro atoms. The zero-order valence-electron chi connectivity index (χ0n) is 15.3. The predicted octanol–water partition coefficient (Wildman–Crippen LogP) is 4.11. The van der Waals surface area contributed by atoms with Gasteiger partial charge in [0.2, 0.25) is 0 Å². The molecule has 1 amide bonds. The zero-order valence-corrected chi connectivity index (χ0v) is 15.3. The number of fused-ring (bicyclic) bond motifs is 1. The van der Waals surface area contributed by atoms with Crippen molar-refractivity contribution in [1.82, 2.24) is 19.9 Å². The lowest BCUT2D eigenvalue weighted by atomic mass is 9.98. The lowest BCUT2D eigenvalue weighted by Crippen LogP contribution is -2.29. The number of nitrogens with zero attached hydrogens (tertiary/aromatic N) is 3. The van der Waals surface area contributed by atoms with Gasteiger partial charge in [-0.05, 0) is 42.8 Å². The zero-order chi connectivity index (χ0) is 19.5. The van der Waals surface area contributed by atoms with Crippen molar-refractivity contribution in [3.05, 3.63) is 96.0 Å². The average Bonchev–Trinajstić information content (AvgIpc) is 3.12. The fourth-order valence-corrected chi connectivity index (χ4v) is 3.36. The van der Waals surface area contributed by atoms with Crippen molar-refractivity contribution in [1.29, 1.82) is 0 Å². The summed E-state index contributed by atoms with van der Waals surface area (Å²) in [7, 11) is 0. The molecule has 1 unspecified atom stereocenters. The summed E-state index contributed by atoms with van der Waals surface area (Å²) in [5, 5.41) is 4.05. The highest BCUT2D eigenvalue weighted by atomic mass is 19.1. The second-order valence-corrected chi connectivity index (χ2v) is 6.44. The van der Waals surface area contributed by atoms with Gasteiger partial charge in [0.25, 0.3) is 5.91 Å². The van der Waals surface area contributed by atoms with Crippen molar-refractivity contribution in [3.63, 3.8) is 0 Å². The molecule has 0 aliphatic carbocycles. The lowest BCUT2D eigenvalue weighted by molar-refractivity contribution is 0.0938. The number of aromatic nitrogens is 3. The Bertz CT molecular complexity index is 1110. The average molecular weight is 374 g/mol. The van der Waals surface area contributed by atoms with Crippen LogP contribution in [-0.4, -0.2) is 20.4 Å². The molecule has 6 heteroatoms. The summed E-state index contributed by atoms with van der Waals surface area (Å²) in [6, 6.07) is 12.8. The number of rotatable bonds is 5. The van der Waals surface area contributed by atoms with Crippen molar-refractivity contribution < 1.29 is 9.18 Å². The fourth-order valence-electron chi connectivity index (χ4n) is 3.36. The molecule has 0 fully saturated rings. The van der Waals surface area contributed by atoms with Crippen LogP contribution >= 0.6 is 0 Å². The molecule has 0 saturated heterocycles. The van der Waals surface area contributed by atoms with Crippen LogP contribution in [-0.2, 0) is 6.54 Å². The van der Waals surface area contributed by atoms with E-state index in [4.69, 9.17) is 0 Å². The minimum Gasteiger partial charge on any atom is -0.346 e. The van der Waals surface area contributed by atoms with Crippen LogP contribution in [0, 0.1) is 5.82 Å². The summed E-state index contributed by atoms with van der Waals surface area (Å²) in [5.41, 5.74) is 3.03. The van der Waals surface area contributed by atoms with Crippen LogP contribution in [0.15, 0.2) is 73.3 Å². The maximum atomic E-state index is 13.5. The Morgan fingerprint density at radius 1 is 1.14 bits per heavy atom. The highest BCUT2D eigenvalue weighted by molar-refractivity contribution is 5.93. The number of aryl methyl sites for hydroxylation is 1. The molecule has 1 aromatic carbocycles. The number of amides is 1. The van der Waals surface area contributed by atoms with Gasteiger partial charge in [0, 0.05) is 36.1 Å². The van der Waals surface area contributed by atoms with E-state index in [1.54, 1.807) is 42.7 Å². The SMILES string of the molecule is CCn1cc(C(NC(=O)c2ccccn2)c2ccc(F)cc2)c2ccncc21. The highest BCUT2D eigenvalue weighted by Crippen LogP contribution is 2.31. The smallest absolute Gasteiger partial charge is 0.270 e. The molecule has 3 aromatic heterocycles. The Hall–Kier alpha value is -3.54. The molecule has 0 aliphatic rings. The Balaban J connectivity index is 1.82. The van der Waals surface area contributed by atoms with Crippen LogP contribution in [0.25, 0.3) is 10.9 Å². The van der Waals surface area contributed by atoms with Crippen LogP contribution in [0.3, 0.4) is 0 Å². The van der Waals surface area contributed by atoms with Gasteiger partial charge < -0.3 is 9.88 Å². The minimum atomic E-state index is -0.451. The summed E-state index contributed by atoms with van der Waals surface area (Å²) >= 11 is 0. The monoisotopic (exact) mass is 374 g/mol. The summed E-state index contributed by atoms with van der Waals surface area (Å²) in [5.74, 6) is -0.611. The summed E-state index contributed by atoms with van der Waals surface area (Å²) in [6.45, 7) is 2.82. The number of halogens is 1. The first kappa shape index (κ1) is 17.9. The Morgan fingerprint density at radius 3 is 2.68 bits per heavy atom. The molecule has 0 radical (unpaired) electrons. The van der Waals surface area contributed by atoms with E-state index >= 15 is 0 Å². The first-order valence-electron chi connectivity index (χ1n) is 9.07. The van der Waals surface area contributed by atoms with Gasteiger partial charge in [-0.25, -0.2) is 4.39 Å². The second-order valence-electron chi connectivity index (χ2n) is 6.44. The Kier molecular flexibility index (Phi) is 4.85. The maximum Gasteiger partial charge on any atom is 0.270 e. The van der Waals surface area contributed by atoms with Crippen molar-refractivity contribution >= 4 is 16.8 Å². The predicted molar refractivity (Wildman–Crippen MR) is 105 cm³/mol. The number of hydrogen-bond donors (Lipinski definition) is 1. The van der Waals surface area contributed by atoms with Crippen molar-refractivity contribution in [2.24, 2.45) is 0 Å². The Labute approximate surface area is 161 Å². The van der Waals surface area contributed by atoms with Crippen molar-refractivity contribution in [2.45, 2.75) is 19.5 Å². The highest BCUT2D eigenvalue weighted by Gasteiger charge is 2.22. The second kappa shape index (κ2) is 7.60. The van der Waals surface area contributed by atoms with Crippen molar-refractivity contribution in [2.75, 3.05) is 0 Å². The standard InChI is InChI=1S/C22H19FN4O/c1-2-27-14-18(17-10-12-24-13-20(17)27)21(15-6-8-16(23)9-7-15)26-22(28)19-5-3-4-11-25-19/h3-14,21H,2H2,1H3,(H,26,28). The van der Waals surface area contributed by atoms with E-state index in [0.717, 1.165) is 28.6 Å². The van der Waals surface area contributed by atoms with Crippen LogP contribution in [0.5, 0.6) is 0 Å². The lowest BCUT2D eigenvalue weighted by Gasteiger charge is -2.19. The molecule has 0 saturated carbocycles. The van der Waals surface area contributed by atoms with Gasteiger partial charge in [0.15, 0.2) is 0 Å². The molecule has 0 aliphatic heterocycles.